The zero-order valence-electron chi connectivity index (χ0n) is 14.7. The van der Waals surface area contributed by atoms with Crippen LogP contribution in [0.15, 0.2) is 24.4 Å². The first-order chi connectivity index (χ1) is 12.0. The third-order valence-electron chi connectivity index (χ3n) is 4.69. The van der Waals surface area contributed by atoms with E-state index in [4.69, 9.17) is 4.74 Å². The van der Waals surface area contributed by atoms with Crippen molar-refractivity contribution in [2.24, 2.45) is 0 Å². The first-order valence-corrected chi connectivity index (χ1v) is 8.55. The van der Waals surface area contributed by atoms with E-state index in [0.717, 1.165) is 23.3 Å². The Hall–Kier alpha value is -2.41. The summed E-state index contributed by atoms with van der Waals surface area (Å²) < 4.78 is 5.82. The number of benzene rings is 1. The highest BCUT2D eigenvalue weighted by atomic mass is 16.5. The number of rotatable bonds is 5. The third-order valence-corrected chi connectivity index (χ3v) is 4.69. The lowest BCUT2D eigenvalue weighted by atomic mass is 9.90. The lowest BCUT2D eigenvalue weighted by Crippen LogP contribution is -2.49. The number of aromatic nitrogens is 3. The molecule has 1 fully saturated rings. The van der Waals surface area contributed by atoms with Crippen molar-refractivity contribution in [3.8, 4) is 5.75 Å². The second kappa shape index (κ2) is 7.23. The van der Waals surface area contributed by atoms with Crippen molar-refractivity contribution in [1.29, 1.82) is 0 Å². The van der Waals surface area contributed by atoms with Crippen LogP contribution in [-0.2, 0) is 10.4 Å². The van der Waals surface area contributed by atoms with Crippen LogP contribution in [0.1, 0.15) is 36.1 Å². The van der Waals surface area contributed by atoms with E-state index in [1.54, 1.807) is 4.90 Å². The second-order valence-corrected chi connectivity index (χ2v) is 6.63. The standard InChI is InChI=1S/C18H24N4O3/c1-13-5-3-6-14(2)17(13)25-10-7-16(23)22-9-4-8-18(24,12-22)15-11-19-21-20-15/h3,5-6,11,24H,4,7-10,12H2,1-2H3,(H,19,20,21)/t18-/m1/s1. The number of carbonyl (C=O) groups excluding carboxylic acids is 1. The molecule has 2 N–H and O–H groups in total. The number of ether oxygens (including phenoxy) is 1. The molecule has 1 atom stereocenters. The molecule has 0 spiro atoms. The predicted molar refractivity (Wildman–Crippen MR) is 92.1 cm³/mol. The van der Waals surface area contributed by atoms with Crippen molar-refractivity contribution in [3.63, 3.8) is 0 Å². The Morgan fingerprint density at radius 3 is 2.84 bits per heavy atom. The van der Waals surface area contributed by atoms with Gasteiger partial charge >= 0.3 is 0 Å². The number of piperidine rings is 1. The third kappa shape index (κ3) is 3.82. The molecule has 1 aliphatic heterocycles. The summed E-state index contributed by atoms with van der Waals surface area (Å²) in [5.41, 5.74) is 1.47. The zero-order chi connectivity index (χ0) is 17.9. The Labute approximate surface area is 147 Å². The molecular formula is C18H24N4O3. The fraction of sp³-hybridized carbons (Fsp3) is 0.500. The van der Waals surface area contributed by atoms with Crippen LogP contribution < -0.4 is 4.74 Å². The van der Waals surface area contributed by atoms with E-state index in [9.17, 15) is 9.90 Å². The second-order valence-electron chi connectivity index (χ2n) is 6.63. The van der Waals surface area contributed by atoms with Crippen LogP contribution in [0.25, 0.3) is 0 Å². The minimum atomic E-state index is -1.13. The highest BCUT2D eigenvalue weighted by Crippen LogP contribution is 2.30. The molecular weight excluding hydrogens is 320 g/mol. The molecule has 0 radical (unpaired) electrons. The minimum absolute atomic E-state index is 0.0205. The van der Waals surface area contributed by atoms with Crippen molar-refractivity contribution >= 4 is 5.91 Å². The maximum absolute atomic E-state index is 12.5. The summed E-state index contributed by atoms with van der Waals surface area (Å²) in [4.78, 5) is 14.2. The van der Waals surface area contributed by atoms with Gasteiger partial charge in [-0.15, -0.1) is 0 Å². The number of likely N-dealkylation sites (tertiary alicyclic amines) is 1. The Morgan fingerprint density at radius 1 is 1.40 bits per heavy atom. The van der Waals surface area contributed by atoms with Gasteiger partial charge in [0.2, 0.25) is 5.91 Å². The van der Waals surface area contributed by atoms with Gasteiger partial charge in [0.1, 0.15) is 17.0 Å². The molecule has 3 rings (SSSR count). The van der Waals surface area contributed by atoms with Gasteiger partial charge in [-0.25, -0.2) is 0 Å². The first-order valence-electron chi connectivity index (χ1n) is 8.55. The molecule has 1 saturated heterocycles. The molecule has 0 saturated carbocycles. The van der Waals surface area contributed by atoms with Crippen LogP contribution in [-0.4, -0.2) is 51.0 Å². The molecule has 1 aromatic carbocycles. The maximum atomic E-state index is 12.5. The summed E-state index contributed by atoms with van der Waals surface area (Å²) in [6.45, 7) is 5.19. The molecule has 1 aromatic heterocycles. The number of aryl methyl sites for hydroxylation is 2. The van der Waals surface area contributed by atoms with Crippen LogP contribution >= 0.6 is 0 Å². The van der Waals surface area contributed by atoms with Crippen LogP contribution in [0.5, 0.6) is 5.75 Å². The average molecular weight is 344 g/mol. The summed E-state index contributed by atoms with van der Waals surface area (Å²) in [5.74, 6) is 0.820. The molecule has 1 amide bonds. The molecule has 7 nitrogen and oxygen atoms in total. The number of nitrogens with one attached hydrogen (secondary N) is 1. The number of aromatic amines is 1. The largest absolute Gasteiger partial charge is 0.493 e. The number of para-hydroxylation sites is 1. The normalized spacial score (nSPS) is 20.5. The number of aliphatic hydroxyl groups is 1. The predicted octanol–water partition coefficient (Wildman–Crippen LogP) is 1.70. The Morgan fingerprint density at radius 2 is 2.16 bits per heavy atom. The SMILES string of the molecule is Cc1cccc(C)c1OCCC(=O)N1CCC[C@](O)(c2cn[nH]n2)C1. The lowest BCUT2D eigenvalue weighted by molar-refractivity contribution is -0.139. The summed E-state index contributed by atoms with van der Waals surface area (Å²) in [7, 11) is 0. The molecule has 0 unspecified atom stereocenters. The van der Waals surface area contributed by atoms with Gasteiger partial charge < -0.3 is 14.7 Å². The van der Waals surface area contributed by atoms with Crippen molar-refractivity contribution < 1.29 is 14.6 Å². The summed E-state index contributed by atoms with van der Waals surface area (Å²) in [6, 6.07) is 5.97. The van der Waals surface area contributed by atoms with Gasteiger partial charge in [-0.1, -0.05) is 18.2 Å². The van der Waals surface area contributed by atoms with Gasteiger partial charge in [-0.3, -0.25) is 4.79 Å². The topological polar surface area (TPSA) is 91.3 Å². The van der Waals surface area contributed by atoms with E-state index in [2.05, 4.69) is 15.4 Å². The van der Waals surface area contributed by atoms with E-state index in [1.807, 2.05) is 32.0 Å². The molecule has 2 heterocycles. The van der Waals surface area contributed by atoms with Crippen molar-refractivity contribution in [3.05, 3.63) is 41.2 Å². The van der Waals surface area contributed by atoms with E-state index in [1.165, 1.54) is 6.20 Å². The van der Waals surface area contributed by atoms with Gasteiger partial charge in [0.15, 0.2) is 0 Å². The van der Waals surface area contributed by atoms with Gasteiger partial charge in [0, 0.05) is 6.54 Å². The molecule has 25 heavy (non-hydrogen) atoms. The van der Waals surface area contributed by atoms with Crippen LogP contribution in [0, 0.1) is 13.8 Å². The van der Waals surface area contributed by atoms with Gasteiger partial charge in [-0.05, 0) is 37.8 Å². The van der Waals surface area contributed by atoms with Gasteiger partial charge in [0.05, 0.1) is 25.8 Å². The maximum Gasteiger partial charge on any atom is 0.226 e. The smallest absolute Gasteiger partial charge is 0.226 e. The summed E-state index contributed by atoms with van der Waals surface area (Å²) in [5, 5.41) is 21.0. The highest BCUT2D eigenvalue weighted by molar-refractivity contribution is 5.76. The number of amides is 1. The minimum Gasteiger partial charge on any atom is -0.493 e. The lowest BCUT2D eigenvalue weighted by Gasteiger charge is -2.38. The number of hydrogen-bond acceptors (Lipinski definition) is 5. The average Bonchev–Trinajstić information content (AvgIpc) is 3.13. The van der Waals surface area contributed by atoms with E-state index in [-0.39, 0.29) is 18.9 Å². The van der Waals surface area contributed by atoms with Crippen molar-refractivity contribution in [1.82, 2.24) is 20.3 Å². The van der Waals surface area contributed by atoms with E-state index >= 15 is 0 Å². The highest BCUT2D eigenvalue weighted by Gasteiger charge is 2.38. The van der Waals surface area contributed by atoms with Gasteiger partial charge in [0.25, 0.3) is 0 Å². The Balaban J connectivity index is 1.56. The Kier molecular flexibility index (Phi) is 5.03. The monoisotopic (exact) mass is 344 g/mol. The molecule has 134 valence electrons. The van der Waals surface area contributed by atoms with Crippen LogP contribution in [0.2, 0.25) is 0 Å². The molecule has 7 heteroatoms. The van der Waals surface area contributed by atoms with Crippen molar-refractivity contribution in [2.75, 3.05) is 19.7 Å². The number of nitrogens with zero attached hydrogens (tertiary/aromatic N) is 3. The van der Waals surface area contributed by atoms with Crippen molar-refractivity contribution in [2.45, 2.75) is 38.7 Å². The number of carbonyl (C=O) groups is 1. The van der Waals surface area contributed by atoms with Crippen LogP contribution in [0.3, 0.4) is 0 Å². The molecule has 0 aliphatic carbocycles. The first kappa shape index (κ1) is 17.4. The van der Waals surface area contributed by atoms with Crippen LogP contribution in [0.4, 0.5) is 0 Å². The van der Waals surface area contributed by atoms with Gasteiger partial charge in [-0.2, -0.15) is 15.4 Å². The number of hydrogen-bond donors (Lipinski definition) is 2. The molecule has 2 aromatic rings. The number of β-amino-alcohol motifs (C(OH)–C–C–N with tert-alkyl or cyclic N) is 1. The molecule has 1 aliphatic rings. The Bertz CT molecular complexity index is 712. The molecule has 0 bridgehead atoms. The zero-order valence-corrected chi connectivity index (χ0v) is 14.7. The summed E-state index contributed by atoms with van der Waals surface area (Å²) >= 11 is 0. The quantitative estimate of drug-likeness (QED) is 0.861. The fourth-order valence-corrected chi connectivity index (χ4v) is 3.31. The summed E-state index contributed by atoms with van der Waals surface area (Å²) in [6.07, 6.45) is 3.09. The van der Waals surface area contributed by atoms with E-state index in [0.29, 0.717) is 25.3 Å². The number of H-pyrrole nitrogens is 1. The van der Waals surface area contributed by atoms with E-state index < -0.39 is 5.60 Å². The fourth-order valence-electron chi connectivity index (χ4n) is 3.31.